The van der Waals surface area contributed by atoms with Crippen LogP contribution in [0.4, 0.5) is 0 Å². The van der Waals surface area contributed by atoms with Gasteiger partial charge in [-0.2, -0.15) is 0 Å². The van der Waals surface area contributed by atoms with E-state index in [-0.39, 0.29) is 10.8 Å². The van der Waals surface area contributed by atoms with Gasteiger partial charge in [0.1, 0.15) is 11.5 Å². The first-order valence-electron chi connectivity index (χ1n) is 10.8. The Morgan fingerprint density at radius 1 is 0.607 bits per heavy atom. The molecule has 0 bridgehead atoms. The number of rotatable bonds is 1. The van der Waals surface area contributed by atoms with Crippen molar-refractivity contribution in [1.82, 2.24) is 0 Å². The topological polar surface area (TPSA) is 40.5 Å². The third-order valence-electron chi connectivity index (χ3n) is 6.61. The van der Waals surface area contributed by atoms with E-state index in [0.717, 1.165) is 60.8 Å². The minimum atomic E-state index is -0.142. The van der Waals surface area contributed by atoms with Gasteiger partial charge in [0.2, 0.25) is 0 Å². The van der Waals surface area contributed by atoms with E-state index in [0.29, 0.717) is 11.5 Å². The molecule has 0 unspecified atom stereocenters. The van der Waals surface area contributed by atoms with Crippen LogP contribution in [0.25, 0.3) is 11.1 Å². The van der Waals surface area contributed by atoms with E-state index < -0.39 is 0 Å². The van der Waals surface area contributed by atoms with Gasteiger partial charge in [0.25, 0.3) is 0 Å². The molecule has 2 heteroatoms. The predicted molar refractivity (Wildman–Crippen MR) is 117 cm³/mol. The zero-order valence-electron chi connectivity index (χ0n) is 18.3. The summed E-state index contributed by atoms with van der Waals surface area (Å²) in [6, 6.07) is 4.43. The van der Waals surface area contributed by atoms with Crippen LogP contribution in [0, 0.1) is 0 Å². The number of hydrogen-bond donors (Lipinski definition) is 2. The maximum Gasteiger partial charge on any atom is 0.127 e. The van der Waals surface area contributed by atoms with E-state index in [1.807, 2.05) is 0 Å². The van der Waals surface area contributed by atoms with Gasteiger partial charge < -0.3 is 10.2 Å². The second kappa shape index (κ2) is 6.27. The first-order chi connectivity index (χ1) is 13.0. The molecule has 0 aliphatic heterocycles. The Bertz CT molecular complexity index is 873. The zero-order valence-corrected chi connectivity index (χ0v) is 18.3. The van der Waals surface area contributed by atoms with Crippen LogP contribution >= 0.6 is 0 Å². The number of phenolic OH excluding ortho intramolecular Hbond substituents is 2. The Hall–Kier alpha value is -1.96. The maximum absolute atomic E-state index is 11.5. The fourth-order valence-corrected chi connectivity index (χ4v) is 5.15. The Kier molecular flexibility index (Phi) is 4.34. The summed E-state index contributed by atoms with van der Waals surface area (Å²) in [6.07, 6.45) is 6.34. The molecule has 0 radical (unpaired) electrons. The van der Waals surface area contributed by atoms with Gasteiger partial charge in [-0.25, -0.2) is 0 Å². The lowest BCUT2D eigenvalue weighted by Crippen LogP contribution is -2.15. The summed E-state index contributed by atoms with van der Waals surface area (Å²) in [6.45, 7) is 12.9. The molecule has 0 aromatic heterocycles. The largest absolute Gasteiger partial charge is 0.507 e. The molecule has 28 heavy (non-hydrogen) atoms. The molecule has 0 fully saturated rings. The van der Waals surface area contributed by atoms with Crippen LogP contribution in [-0.2, 0) is 36.5 Å². The number of benzene rings is 2. The van der Waals surface area contributed by atoms with Gasteiger partial charge in [-0.15, -0.1) is 0 Å². The number of phenols is 2. The lowest BCUT2D eigenvalue weighted by Gasteiger charge is -2.28. The normalized spacial score (nSPS) is 16.4. The van der Waals surface area contributed by atoms with Crippen LogP contribution in [0.15, 0.2) is 12.1 Å². The molecule has 0 heterocycles. The van der Waals surface area contributed by atoms with Crippen molar-refractivity contribution in [2.45, 2.75) is 90.9 Å². The Labute approximate surface area is 169 Å². The molecule has 2 aromatic rings. The molecule has 2 aromatic carbocycles. The molecule has 0 amide bonds. The van der Waals surface area contributed by atoms with E-state index in [2.05, 4.69) is 53.7 Å². The van der Waals surface area contributed by atoms with Crippen molar-refractivity contribution in [3.8, 4) is 22.6 Å². The lowest BCUT2D eigenvalue weighted by molar-refractivity contribution is 0.439. The fraction of sp³-hybridized carbons (Fsp3) is 0.538. The van der Waals surface area contributed by atoms with Crippen LogP contribution in [-0.4, -0.2) is 10.2 Å². The average molecular weight is 379 g/mol. The number of fused-ring (bicyclic) bond motifs is 2. The molecule has 2 N–H and O–H groups in total. The minimum Gasteiger partial charge on any atom is -0.507 e. The van der Waals surface area contributed by atoms with E-state index in [9.17, 15) is 10.2 Å². The van der Waals surface area contributed by atoms with Crippen molar-refractivity contribution >= 4 is 0 Å². The van der Waals surface area contributed by atoms with Gasteiger partial charge >= 0.3 is 0 Å². The van der Waals surface area contributed by atoms with E-state index in [1.165, 1.54) is 22.3 Å². The summed E-state index contributed by atoms with van der Waals surface area (Å²) in [5, 5.41) is 23.0. The molecule has 2 aliphatic rings. The smallest absolute Gasteiger partial charge is 0.127 e. The molecule has 150 valence electrons. The lowest BCUT2D eigenvalue weighted by atomic mass is 9.78. The van der Waals surface area contributed by atoms with Crippen LogP contribution in [0.1, 0.15) is 87.8 Å². The molecular weight excluding hydrogens is 344 g/mol. The van der Waals surface area contributed by atoms with Gasteiger partial charge in [-0.05, 0) is 71.6 Å². The van der Waals surface area contributed by atoms with Crippen LogP contribution in [0.5, 0.6) is 11.5 Å². The molecule has 0 saturated carbocycles. The molecule has 4 rings (SSSR count). The van der Waals surface area contributed by atoms with Crippen molar-refractivity contribution < 1.29 is 10.2 Å². The summed E-state index contributed by atoms with van der Waals surface area (Å²) in [5.41, 5.74) is 8.75. The van der Waals surface area contributed by atoms with Crippen molar-refractivity contribution in [3.63, 3.8) is 0 Å². The fourth-order valence-electron chi connectivity index (χ4n) is 5.15. The first-order valence-corrected chi connectivity index (χ1v) is 10.8. The Morgan fingerprint density at radius 2 is 0.964 bits per heavy atom. The van der Waals surface area contributed by atoms with E-state index in [1.54, 1.807) is 0 Å². The van der Waals surface area contributed by atoms with Crippen LogP contribution < -0.4 is 0 Å². The molecule has 2 aliphatic carbocycles. The van der Waals surface area contributed by atoms with Gasteiger partial charge in [-0.1, -0.05) is 53.7 Å². The van der Waals surface area contributed by atoms with E-state index in [4.69, 9.17) is 0 Å². The summed E-state index contributed by atoms with van der Waals surface area (Å²) in [7, 11) is 0. The summed E-state index contributed by atoms with van der Waals surface area (Å²) in [5.74, 6) is 0.757. The third kappa shape index (κ3) is 2.93. The van der Waals surface area contributed by atoms with Gasteiger partial charge in [0.15, 0.2) is 0 Å². The van der Waals surface area contributed by atoms with Crippen molar-refractivity contribution in [1.29, 1.82) is 0 Å². The van der Waals surface area contributed by atoms with Gasteiger partial charge in [0, 0.05) is 22.3 Å². The Morgan fingerprint density at radius 3 is 1.29 bits per heavy atom. The van der Waals surface area contributed by atoms with Crippen LogP contribution in [0.3, 0.4) is 0 Å². The highest BCUT2D eigenvalue weighted by molar-refractivity contribution is 5.86. The van der Waals surface area contributed by atoms with Crippen molar-refractivity contribution in [2.75, 3.05) is 0 Å². The maximum atomic E-state index is 11.5. The van der Waals surface area contributed by atoms with Crippen molar-refractivity contribution in [3.05, 3.63) is 45.5 Å². The number of aryl methyl sites for hydroxylation is 2. The number of hydrogen-bond acceptors (Lipinski definition) is 2. The highest BCUT2D eigenvalue weighted by Crippen LogP contribution is 2.52. The monoisotopic (exact) mass is 378 g/mol. The quantitative estimate of drug-likeness (QED) is 0.608. The minimum absolute atomic E-state index is 0.142. The molecule has 0 atom stereocenters. The summed E-state index contributed by atoms with van der Waals surface area (Å²) >= 11 is 0. The predicted octanol–water partition coefficient (Wildman–Crippen LogP) is 6.34. The van der Waals surface area contributed by atoms with Crippen LogP contribution in [0.2, 0.25) is 0 Å². The summed E-state index contributed by atoms with van der Waals surface area (Å²) < 4.78 is 0. The molecule has 2 nitrogen and oxygen atoms in total. The zero-order chi connectivity index (χ0) is 20.4. The van der Waals surface area contributed by atoms with Crippen molar-refractivity contribution in [2.24, 2.45) is 0 Å². The second-order valence-electron chi connectivity index (χ2n) is 10.8. The van der Waals surface area contributed by atoms with Gasteiger partial charge in [0.05, 0.1) is 0 Å². The molecule has 0 spiro atoms. The van der Waals surface area contributed by atoms with E-state index >= 15 is 0 Å². The SMILES string of the molecule is CC(C)(C)c1cc2c(c(-c3c(O)c(C(C)(C)C)cc4c3CCC4)c1O)CCC2. The standard InChI is InChI=1S/C26H34O2/c1-25(2,3)19-13-15-9-7-11-17(15)21(23(19)27)22-18-12-8-10-16(18)14-20(24(22)28)26(4,5)6/h13-14,27-28H,7-12H2,1-6H3. The highest BCUT2D eigenvalue weighted by Gasteiger charge is 2.33. The first kappa shape index (κ1) is 19.4. The molecule has 0 saturated heterocycles. The Balaban J connectivity index is 2.12. The number of aromatic hydroxyl groups is 2. The highest BCUT2D eigenvalue weighted by atomic mass is 16.3. The molecular formula is C26H34O2. The summed E-state index contributed by atoms with van der Waals surface area (Å²) in [4.78, 5) is 0. The third-order valence-corrected chi connectivity index (χ3v) is 6.61. The second-order valence-corrected chi connectivity index (χ2v) is 10.8. The average Bonchev–Trinajstić information content (AvgIpc) is 3.21. The van der Waals surface area contributed by atoms with Gasteiger partial charge in [-0.3, -0.25) is 0 Å².